The molecule has 0 bridgehead atoms. The molecule has 0 atom stereocenters. The summed E-state index contributed by atoms with van der Waals surface area (Å²) >= 11 is 0. The van der Waals surface area contributed by atoms with E-state index in [2.05, 4.69) is 4.18 Å². The van der Waals surface area contributed by atoms with Crippen molar-refractivity contribution < 1.29 is 30.2 Å². The van der Waals surface area contributed by atoms with Crippen molar-refractivity contribution in [2.75, 3.05) is 0 Å². The Balaban J connectivity index is 2.45. The minimum absolute atomic E-state index is 0.130. The lowest BCUT2D eigenvalue weighted by Gasteiger charge is -2.11. The van der Waals surface area contributed by atoms with Crippen LogP contribution in [0.4, 0.5) is 17.6 Å². The number of hydrogen-bond donors (Lipinski definition) is 0. The van der Waals surface area contributed by atoms with Crippen LogP contribution in [0.5, 0.6) is 5.75 Å². The zero-order valence-electron chi connectivity index (χ0n) is 10.3. The van der Waals surface area contributed by atoms with E-state index in [0.29, 0.717) is 12.1 Å². The monoisotopic (exact) mass is 320 g/mol. The zero-order valence-corrected chi connectivity index (χ0v) is 11.1. The second kappa shape index (κ2) is 5.36. The molecular formula is C13H8F4O3S. The van der Waals surface area contributed by atoms with Gasteiger partial charge in [-0.1, -0.05) is 18.2 Å². The van der Waals surface area contributed by atoms with Crippen LogP contribution in [0, 0.1) is 5.82 Å². The first-order chi connectivity index (χ1) is 9.70. The molecule has 0 unspecified atom stereocenters. The highest BCUT2D eigenvalue weighted by atomic mass is 32.2. The van der Waals surface area contributed by atoms with Gasteiger partial charge in [0.05, 0.1) is 5.56 Å². The molecule has 0 saturated carbocycles. The van der Waals surface area contributed by atoms with Crippen molar-refractivity contribution in [3.63, 3.8) is 0 Å². The molecule has 0 saturated heterocycles. The molecule has 0 radical (unpaired) electrons. The number of halogens is 4. The van der Waals surface area contributed by atoms with Crippen molar-refractivity contribution in [1.82, 2.24) is 0 Å². The Morgan fingerprint density at radius 1 is 0.952 bits per heavy atom. The topological polar surface area (TPSA) is 43.4 Å². The van der Waals surface area contributed by atoms with Crippen molar-refractivity contribution in [1.29, 1.82) is 0 Å². The third kappa shape index (κ3) is 3.52. The van der Waals surface area contributed by atoms with Crippen LogP contribution in [0.2, 0.25) is 0 Å². The molecular weight excluding hydrogens is 312 g/mol. The first kappa shape index (κ1) is 15.3. The van der Waals surface area contributed by atoms with E-state index in [4.69, 9.17) is 0 Å². The van der Waals surface area contributed by atoms with Crippen LogP contribution in [0.3, 0.4) is 0 Å². The number of alkyl halides is 3. The van der Waals surface area contributed by atoms with Crippen molar-refractivity contribution in [2.24, 2.45) is 0 Å². The second-order valence-electron chi connectivity index (χ2n) is 3.99. The van der Waals surface area contributed by atoms with Crippen LogP contribution >= 0.6 is 0 Å². The first-order valence-electron chi connectivity index (χ1n) is 5.56. The standard InChI is InChI=1S/C13H8F4O3S/c14-11-7-6-9(13(15,16)17)8-12(11)21(18,19)20-10-4-2-1-3-5-10/h1-8H. The molecule has 2 aromatic rings. The number of rotatable bonds is 3. The van der Waals surface area contributed by atoms with Crippen molar-refractivity contribution in [2.45, 2.75) is 11.1 Å². The van der Waals surface area contributed by atoms with E-state index in [1.165, 1.54) is 24.3 Å². The highest BCUT2D eigenvalue weighted by Crippen LogP contribution is 2.32. The molecule has 0 spiro atoms. The van der Waals surface area contributed by atoms with Crippen LogP contribution in [0.1, 0.15) is 5.56 Å². The summed E-state index contributed by atoms with van der Waals surface area (Å²) in [7, 11) is -4.70. The van der Waals surface area contributed by atoms with Crippen molar-refractivity contribution in [3.8, 4) is 5.75 Å². The van der Waals surface area contributed by atoms with Gasteiger partial charge in [-0.2, -0.15) is 21.6 Å². The van der Waals surface area contributed by atoms with Gasteiger partial charge in [-0.3, -0.25) is 0 Å². The molecule has 3 nitrogen and oxygen atoms in total. The third-order valence-corrected chi connectivity index (χ3v) is 3.74. The largest absolute Gasteiger partial charge is 0.416 e. The summed E-state index contributed by atoms with van der Waals surface area (Å²) in [5.41, 5.74) is -1.28. The second-order valence-corrected chi connectivity index (χ2v) is 5.51. The van der Waals surface area contributed by atoms with Crippen LogP contribution < -0.4 is 4.18 Å². The van der Waals surface area contributed by atoms with Gasteiger partial charge < -0.3 is 4.18 Å². The molecule has 0 N–H and O–H groups in total. The summed E-state index contributed by atoms with van der Waals surface area (Å²) in [6.45, 7) is 0. The molecule has 0 aliphatic carbocycles. The summed E-state index contributed by atoms with van der Waals surface area (Å²) in [5.74, 6) is -1.45. The van der Waals surface area contributed by atoms with E-state index in [1.807, 2.05) is 0 Å². The van der Waals surface area contributed by atoms with Gasteiger partial charge >= 0.3 is 16.3 Å². The van der Waals surface area contributed by atoms with Gasteiger partial charge in [0.1, 0.15) is 16.5 Å². The van der Waals surface area contributed by atoms with E-state index < -0.39 is 32.6 Å². The summed E-state index contributed by atoms with van der Waals surface area (Å²) in [4.78, 5) is -1.17. The van der Waals surface area contributed by atoms with Gasteiger partial charge in [0.25, 0.3) is 0 Å². The number of hydrogen-bond acceptors (Lipinski definition) is 3. The maximum atomic E-state index is 13.5. The fourth-order valence-corrected chi connectivity index (χ4v) is 2.55. The van der Waals surface area contributed by atoms with E-state index in [1.54, 1.807) is 6.07 Å². The molecule has 0 fully saturated rings. The molecule has 0 amide bonds. The zero-order chi connectivity index (χ0) is 15.7. The lowest BCUT2D eigenvalue weighted by atomic mass is 10.2. The fourth-order valence-electron chi connectivity index (χ4n) is 1.52. The lowest BCUT2D eigenvalue weighted by molar-refractivity contribution is -0.137. The van der Waals surface area contributed by atoms with Gasteiger partial charge in [-0.15, -0.1) is 0 Å². The predicted octanol–water partition coefficient (Wildman–Crippen LogP) is 3.61. The molecule has 0 aromatic heterocycles. The predicted molar refractivity (Wildman–Crippen MR) is 65.7 cm³/mol. The van der Waals surface area contributed by atoms with E-state index in [9.17, 15) is 26.0 Å². The van der Waals surface area contributed by atoms with Crippen molar-refractivity contribution >= 4 is 10.1 Å². The Morgan fingerprint density at radius 2 is 1.57 bits per heavy atom. The van der Waals surface area contributed by atoms with Gasteiger partial charge in [-0.25, -0.2) is 4.39 Å². The molecule has 112 valence electrons. The highest BCUT2D eigenvalue weighted by Gasteiger charge is 2.33. The Bertz CT molecular complexity index is 740. The molecule has 2 rings (SSSR count). The molecule has 0 aliphatic rings. The normalized spacial score (nSPS) is 12.2. The Morgan fingerprint density at radius 3 is 2.14 bits per heavy atom. The van der Waals surface area contributed by atoms with Gasteiger partial charge in [0, 0.05) is 0 Å². The highest BCUT2D eigenvalue weighted by molar-refractivity contribution is 7.87. The average Bonchev–Trinajstić information content (AvgIpc) is 2.38. The van der Waals surface area contributed by atoms with Crippen LogP contribution in [0.15, 0.2) is 53.4 Å². The van der Waals surface area contributed by atoms with Crippen LogP contribution in [-0.2, 0) is 16.3 Å². The molecule has 8 heteroatoms. The maximum absolute atomic E-state index is 13.5. The fraction of sp³-hybridized carbons (Fsp3) is 0.0769. The Kier molecular flexibility index (Phi) is 3.91. The Hall–Kier alpha value is -2.09. The third-order valence-electron chi connectivity index (χ3n) is 2.48. The summed E-state index contributed by atoms with van der Waals surface area (Å²) in [6.07, 6.45) is -4.79. The smallest absolute Gasteiger partial charge is 0.379 e. The summed E-state index contributed by atoms with van der Waals surface area (Å²) in [6, 6.07) is 8.17. The average molecular weight is 320 g/mol. The lowest BCUT2D eigenvalue weighted by Crippen LogP contribution is -2.14. The van der Waals surface area contributed by atoms with Gasteiger partial charge in [0.15, 0.2) is 0 Å². The summed E-state index contributed by atoms with van der Waals surface area (Å²) in [5, 5.41) is 0. The number of benzene rings is 2. The van der Waals surface area contributed by atoms with Crippen molar-refractivity contribution in [3.05, 3.63) is 59.9 Å². The van der Waals surface area contributed by atoms with E-state index in [-0.39, 0.29) is 11.8 Å². The molecule has 0 aliphatic heterocycles. The van der Waals surface area contributed by atoms with Gasteiger partial charge in [0.2, 0.25) is 0 Å². The van der Waals surface area contributed by atoms with Crippen LogP contribution in [0.25, 0.3) is 0 Å². The summed E-state index contributed by atoms with van der Waals surface area (Å²) < 4.78 is 79.5. The minimum atomic E-state index is -4.79. The van der Waals surface area contributed by atoms with E-state index in [0.717, 1.165) is 0 Å². The minimum Gasteiger partial charge on any atom is -0.379 e. The Labute approximate surface area is 117 Å². The van der Waals surface area contributed by atoms with Crippen LogP contribution in [-0.4, -0.2) is 8.42 Å². The van der Waals surface area contributed by atoms with Gasteiger partial charge in [-0.05, 0) is 30.3 Å². The molecule has 0 heterocycles. The quantitative estimate of drug-likeness (QED) is 0.641. The number of para-hydroxylation sites is 1. The molecule has 21 heavy (non-hydrogen) atoms. The maximum Gasteiger partial charge on any atom is 0.416 e. The molecule has 2 aromatic carbocycles. The first-order valence-corrected chi connectivity index (χ1v) is 6.97. The SMILES string of the molecule is O=S(=O)(Oc1ccccc1)c1cc(C(F)(F)F)ccc1F. The van der Waals surface area contributed by atoms with E-state index >= 15 is 0 Å².